The molecule has 1 N–H and O–H groups in total. The minimum Gasteiger partial charge on any atom is -0.353 e. The van der Waals surface area contributed by atoms with Crippen LogP contribution in [0.3, 0.4) is 0 Å². The average Bonchev–Trinajstić information content (AvgIpc) is 2.63. The Morgan fingerprint density at radius 2 is 1.78 bits per heavy atom. The van der Waals surface area contributed by atoms with Gasteiger partial charge in [0, 0.05) is 6.04 Å². The third kappa shape index (κ3) is 2.65. The summed E-state index contributed by atoms with van der Waals surface area (Å²) < 4.78 is -0.868. The molecular weight excluding hydrogens is 269 g/mol. The lowest BCUT2D eigenvalue weighted by Crippen LogP contribution is -2.46. The van der Waals surface area contributed by atoms with E-state index in [-0.39, 0.29) is 11.9 Å². The van der Waals surface area contributed by atoms with Crippen molar-refractivity contribution in [2.24, 2.45) is 16.7 Å². The van der Waals surface area contributed by atoms with Crippen LogP contribution in [0.25, 0.3) is 0 Å². The van der Waals surface area contributed by atoms with Crippen LogP contribution in [0.15, 0.2) is 0 Å². The Kier molecular flexibility index (Phi) is 3.43. The van der Waals surface area contributed by atoms with Crippen LogP contribution in [0.4, 0.5) is 0 Å². The number of amides is 1. The Labute approximate surface area is 120 Å². The zero-order chi connectivity index (χ0) is 13.8. The molecule has 4 heteroatoms. The summed E-state index contributed by atoms with van der Waals surface area (Å²) in [6.07, 6.45) is 3.88. The van der Waals surface area contributed by atoms with E-state index in [0.29, 0.717) is 17.8 Å². The van der Waals surface area contributed by atoms with Crippen molar-refractivity contribution < 1.29 is 4.79 Å². The van der Waals surface area contributed by atoms with Crippen LogP contribution in [0.1, 0.15) is 53.4 Å². The molecule has 18 heavy (non-hydrogen) atoms. The third-order valence-corrected chi connectivity index (χ3v) is 5.58. The maximum absolute atomic E-state index is 12.2. The van der Waals surface area contributed by atoms with E-state index >= 15 is 0 Å². The zero-order valence-corrected chi connectivity index (χ0v) is 13.2. The summed E-state index contributed by atoms with van der Waals surface area (Å²) in [5.74, 6) is 0.671. The van der Waals surface area contributed by atoms with E-state index in [1.807, 2.05) is 6.92 Å². The Morgan fingerprint density at radius 3 is 2.22 bits per heavy atom. The normalized spacial score (nSPS) is 41.2. The van der Waals surface area contributed by atoms with Crippen LogP contribution >= 0.6 is 23.2 Å². The predicted molar refractivity (Wildman–Crippen MR) is 75.9 cm³/mol. The van der Waals surface area contributed by atoms with Gasteiger partial charge in [0.05, 0.1) is 5.41 Å². The first-order chi connectivity index (χ1) is 8.06. The van der Waals surface area contributed by atoms with Gasteiger partial charge in [-0.2, -0.15) is 0 Å². The second-order valence-electron chi connectivity index (χ2n) is 7.30. The van der Waals surface area contributed by atoms with E-state index in [0.717, 1.165) is 12.8 Å². The van der Waals surface area contributed by atoms with Crippen molar-refractivity contribution in [3.63, 3.8) is 0 Å². The second-order valence-corrected chi connectivity index (χ2v) is 8.78. The molecular formula is C14H23Cl2NO. The van der Waals surface area contributed by atoms with Gasteiger partial charge in [-0.3, -0.25) is 4.79 Å². The lowest BCUT2D eigenvalue weighted by molar-refractivity contribution is -0.127. The summed E-state index contributed by atoms with van der Waals surface area (Å²) in [5, 5.41) is 3.16. The van der Waals surface area contributed by atoms with Crippen molar-refractivity contribution in [2.45, 2.75) is 63.8 Å². The number of halogens is 2. The Bertz CT molecular complexity index is 367. The second kappa shape index (κ2) is 4.28. The van der Waals surface area contributed by atoms with Crippen molar-refractivity contribution in [3.05, 3.63) is 0 Å². The highest BCUT2D eigenvalue weighted by Gasteiger charge is 2.68. The largest absolute Gasteiger partial charge is 0.353 e. The van der Waals surface area contributed by atoms with Gasteiger partial charge in [0.1, 0.15) is 4.33 Å². The Morgan fingerprint density at radius 1 is 1.22 bits per heavy atom. The van der Waals surface area contributed by atoms with Gasteiger partial charge in [0.25, 0.3) is 0 Å². The minimum absolute atomic E-state index is 0.0161. The molecule has 0 aromatic rings. The molecule has 3 atom stereocenters. The molecule has 0 saturated heterocycles. The highest BCUT2D eigenvalue weighted by Crippen LogP contribution is 2.63. The van der Waals surface area contributed by atoms with Crippen LogP contribution in [0.5, 0.6) is 0 Å². The Hall–Kier alpha value is 0.0500. The summed E-state index contributed by atoms with van der Waals surface area (Å²) in [5.41, 5.74) is -0.292. The first-order valence-electron chi connectivity index (χ1n) is 6.75. The molecule has 2 saturated carbocycles. The van der Waals surface area contributed by atoms with Crippen LogP contribution < -0.4 is 5.32 Å². The molecule has 2 nitrogen and oxygen atoms in total. The number of carbonyl (C=O) groups is 1. The van der Waals surface area contributed by atoms with Crippen molar-refractivity contribution in [1.29, 1.82) is 0 Å². The van der Waals surface area contributed by atoms with Crippen molar-refractivity contribution in [3.8, 4) is 0 Å². The van der Waals surface area contributed by atoms with Crippen molar-refractivity contribution in [2.75, 3.05) is 0 Å². The maximum atomic E-state index is 12.2. The Balaban J connectivity index is 1.96. The molecule has 0 aromatic heterocycles. The van der Waals surface area contributed by atoms with Gasteiger partial charge >= 0.3 is 0 Å². The summed E-state index contributed by atoms with van der Waals surface area (Å²) in [7, 11) is 0. The average molecular weight is 292 g/mol. The van der Waals surface area contributed by atoms with Gasteiger partial charge in [0.2, 0.25) is 5.91 Å². The van der Waals surface area contributed by atoms with Gasteiger partial charge in [-0.05, 0) is 43.9 Å². The monoisotopic (exact) mass is 291 g/mol. The molecule has 1 amide bonds. The standard InChI is InChI=1S/C14H23Cl2NO/c1-9-5-10(7-12(2,3)6-9)17-11(18)13(4)8-14(13,15)16/h9-10H,5-8H2,1-4H3,(H,17,18)/t9-,10+,13-/m1/s1. The number of rotatable bonds is 2. The number of nitrogens with one attached hydrogen (secondary N) is 1. The molecule has 2 aliphatic carbocycles. The van der Waals surface area contributed by atoms with Gasteiger partial charge in [0.15, 0.2) is 0 Å². The van der Waals surface area contributed by atoms with E-state index in [9.17, 15) is 4.79 Å². The van der Waals surface area contributed by atoms with E-state index in [1.54, 1.807) is 0 Å². The minimum atomic E-state index is -0.868. The van der Waals surface area contributed by atoms with E-state index < -0.39 is 9.75 Å². The fraction of sp³-hybridized carbons (Fsp3) is 0.929. The van der Waals surface area contributed by atoms with Gasteiger partial charge in [-0.15, -0.1) is 23.2 Å². The van der Waals surface area contributed by atoms with Gasteiger partial charge < -0.3 is 5.32 Å². The van der Waals surface area contributed by atoms with Crippen LogP contribution in [-0.2, 0) is 4.79 Å². The fourth-order valence-corrected chi connectivity index (χ4v) is 4.15. The van der Waals surface area contributed by atoms with E-state index in [4.69, 9.17) is 23.2 Å². The molecule has 0 bridgehead atoms. The highest BCUT2D eigenvalue weighted by molar-refractivity contribution is 6.53. The number of carbonyl (C=O) groups excluding carboxylic acids is 1. The quantitative estimate of drug-likeness (QED) is 0.768. The van der Waals surface area contributed by atoms with Crippen LogP contribution in [0.2, 0.25) is 0 Å². The molecule has 2 rings (SSSR count). The highest BCUT2D eigenvalue weighted by atomic mass is 35.5. The molecule has 0 aromatic carbocycles. The summed E-state index contributed by atoms with van der Waals surface area (Å²) in [4.78, 5) is 12.2. The number of hydrogen-bond acceptors (Lipinski definition) is 1. The predicted octanol–water partition coefficient (Wildman–Crippen LogP) is 3.90. The summed E-state index contributed by atoms with van der Waals surface area (Å²) >= 11 is 12.1. The molecule has 2 fully saturated rings. The first kappa shape index (κ1) is 14.5. The van der Waals surface area contributed by atoms with Gasteiger partial charge in [-0.1, -0.05) is 20.8 Å². The van der Waals surface area contributed by atoms with Crippen LogP contribution in [-0.4, -0.2) is 16.3 Å². The SMILES string of the molecule is C[C@@H]1C[C@H](NC(=O)[C@@]2(C)CC2(Cl)Cl)CC(C)(C)C1. The van der Waals surface area contributed by atoms with E-state index in [2.05, 4.69) is 26.1 Å². The first-order valence-corrected chi connectivity index (χ1v) is 7.50. The van der Waals surface area contributed by atoms with E-state index in [1.165, 1.54) is 6.42 Å². The number of hydrogen-bond donors (Lipinski definition) is 1. The topological polar surface area (TPSA) is 29.1 Å². The molecule has 104 valence electrons. The lowest BCUT2D eigenvalue weighted by Gasteiger charge is -2.39. The summed E-state index contributed by atoms with van der Waals surface area (Å²) in [6, 6.07) is 0.262. The molecule has 0 aliphatic heterocycles. The lowest BCUT2D eigenvalue weighted by atomic mass is 9.70. The van der Waals surface area contributed by atoms with Gasteiger partial charge in [-0.25, -0.2) is 0 Å². The third-order valence-electron chi connectivity index (χ3n) is 4.48. The number of alkyl halides is 2. The fourth-order valence-electron chi connectivity index (χ4n) is 3.45. The van der Waals surface area contributed by atoms with Crippen molar-refractivity contribution in [1.82, 2.24) is 5.32 Å². The summed E-state index contributed by atoms with van der Waals surface area (Å²) in [6.45, 7) is 8.65. The van der Waals surface area contributed by atoms with Crippen LogP contribution in [0, 0.1) is 16.7 Å². The van der Waals surface area contributed by atoms with Crippen molar-refractivity contribution >= 4 is 29.1 Å². The molecule has 0 spiro atoms. The molecule has 0 heterocycles. The molecule has 0 unspecified atom stereocenters. The smallest absolute Gasteiger partial charge is 0.229 e. The maximum Gasteiger partial charge on any atom is 0.229 e. The molecule has 0 radical (unpaired) electrons. The zero-order valence-electron chi connectivity index (χ0n) is 11.6. The molecule has 2 aliphatic rings.